The molecule has 2 fully saturated rings. The van der Waals surface area contributed by atoms with Crippen molar-refractivity contribution in [3.63, 3.8) is 0 Å². The number of hydrogen-bond donors (Lipinski definition) is 1. The lowest BCUT2D eigenvalue weighted by molar-refractivity contribution is 0.0881. The van der Waals surface area contributed by atoms with Gasteiger partial charge in [-0.25, -0.2) is 4.79 Å². The van der Waals surface area contributed by atoms with Crippen molar-refractivity contribution in [3.05, 3.63) is 0 Å². The summed E-state index contributed by atoms with van der Waals surface area (Å²) < 4.78 is 10.9. The molecule has 0 aromatic rings. The number of hydrogen-bond acceptors (Lipinski definition) is 3. The second-order valence-corrected chi connectivity index (χ2v) is 6.46. The molecule has 116 valence electrons. The maximum absolute atomic E-state index is 12.1. The van der Waals surface area contributed by atoms with E-state index in [2.05, 4.69) is 19.2 Å². The van der Waals surface area contributed by atoms with Crippen molar-refractivity contribution in [1.29, 1.82) is 0 Å². The summed E-state index contributed by atoms with van der Waals surface area (Å²) in [5.41, 5.74) is 0.00303. The first-order valence-electron chi connectivity index (χ1n) is 7.80. The molecule has 0 spiro atoms. The van der Waals surface area contributed by atoms with Gasteiger partial charge in [0, 0.05) is 37.8 Å². The van der Waals surface area contributed by atoms with E-state index in [9.17, 15) is 4.79 Å². The molecular formula is C15H28N2O3. The minimum absolute atomic E-state index is 0.00303. The smallest absolute Gasteiger partial charge is 0.317 e. The van der Waals surface area contributed by atoms with E-state index in [1.54, 1.807) is 0 Å². The molecule has 5 nitrogen and oxygen atoms in total. The SMILES string of the molecule is CC1(C)CCCN1C(=O)NCCCOC[C@@H]1CCOC1. The number of carbonyl (C=O) groups excluding carboxylic acids is 1. The molecular weight excluding hydrogens is 256 g/mol. The lowest BCUT2D eigenvalue weighted by Gasteiger charge is -2.31. The van der Waals surface area contributed by atoms with Gasteiger partial charge in [0.05, 0.1) is 13.2 Å². The average Bonchev–Trinajstić information content (AvgIpc) is 3.02. The normalized spacial score (nSPS) is 25.1. The summed E-state index contributed by atoms with van der Waals surface area (Å²) in [5.74, 6) is 0.565. The fourth-order valence-corrected chi connectivity index (χ4v) is 2.91. The van der Waals surface area contributed by atoms with Gasteiger partial charge in [-0.05, 0) is 39.5 Å². The van der Waals surface area contributed by atoms with Crippen LogP contribution in [-0.2, 0) is 9.47 Å². The molecule has 5 heteroatoms. The third-order valence-electron chi connectivity index (χ3n) is 4.27. The fourth-order valence-electron chi connectivity index (χ4n) is 2.91. The van der Waals surface area contributed by atoms with Gasteiger partial charge < -0.3 is 19.7 Å². The second kappa shape index (κ2) is 7.27. The van der Waals surface area contributed by atoms with Crippen LogP contribution in [0, 0.1) is 5.92 Å². The van der Waals surface area contributed by atoms with Gasteiger partial charge in [0.25, 0.3) is 0 Å². The molecule has 0 aliphatic carbocycles. The third kappa shape index (κ3) is 4.35. The summed E-state index contributed by atoms with van der Waals surface area (Å²) in [6, 6.07) is 0.0664. The zero-order valence-corrected chi connectivity index (χ0v) is 12.8. The largest absolute Gasteiger partial charge is 0.381 e. The van der Waals surface area contributed by atoms with E-state index >= 15 is 0 Å². The Kier molecular flexibility index (Phi) is 5.66. The standard InChI is InChI=1S/C15H28N2O3/c1-15(2)6-3-8-17(15)14(18)16-7-4-9-19-11-13-5-10-20-12-13/h13H,3-12H2,1-2H3,(H,16,18)/t13-/m0/s1. The molecule has 20 heavy (non-hydrogen) atoms. The Hall–Kier alpha value is -0.810. The van der Waals surface area contributed by atoms with E-state index in [0.29, 0.717) is 19.1 Å². The Morgan fingerprint density at radius 2 is 2.35 bits per heavy atom. The van der Waals surface area contributed by atoms with Crippen LogP contribution in [0.1, 0.15) is 39.5 Å². The quantitative estimate of drug-likeness (QED) is 0.759. The number of rotatable bonds is 6. The number of urea groups is 1. The van der Waals surface area contributed by atoms with Crippen molar-refractivity contribution >= 4 is 6.03 Å². The van der Waals surface area contributed by atoms with Crippen molar-refractivity contribution in [3.8, 4) is 0 Å². The third-order valence-corrected chi connectivity index (χ3v) is 4.27. The number of likely N-dealkylation sites (tertiary alicyclic amines) is 1. The van der Waals surface area contributed by atoms with Crippen molar-refractivity contribution < 1.29 is 14.3 Å². The number of carbonyl (C=O) groups is 1. The highest BCUT2D eigenvalue weighted by Crippen LogP contribution is 2.27. The van der Waals surface area contributed by atoms with Gasteiger partial charge in [0.2, 0.25) is 0 Å². The minimum atomic E-state index is 0.00303. The van der Waals surface area contributed by atoms with E-state index in [1.165, 1.54) is 0 Å². The molecule has 2 heterocycles. The number of ether oxygens (including phenoxy) is 2. The Labute approximate surface area is 122 Å². The Balaban J connectivity index is 1.51. The van der Waals surface area contributed by atoms with E-state index in [0.717, 1.165) is 52.0 Å². The zero-order valence-electron chi connectivity index (χ0n) is 12.8. The monoisotopic (exact) mass is 284 g/mol. The summed E-state index contributed by atoms with van der Waals surface area (Å²) in [7, 11) is 0. The van der Waals surface area contributed by atoms with Crippen LogP contribution in [0.25, 0.3) is 0 Å². The highest BCUT2D eigenvalue weighted by molar-refractivity contribution is 5.75. The van der Waals surface area contributed by atoms with Gasteiger partial charge >= 0.3 is 6.03 Å². The molecule has 2 amide bonds. The van der Waals surface area contributed by atoms with Gasteiger partial charge in [-0.2, -0.15) is 0 Å². The van der Waals surface area contributed by atoms with Gasteiger partial charge in [0.15, 0.2) is 0 Å². The summed E-state index contributed by atoms with van der Waals surface area (Å²) >= 11 is 0. The zero-order chi connectivity index (χ0) is 14.4. The first-order chi connectivity index (χ1) is 9.59. The first-order valence-corrected chi connectivity index (χ1v) is 7.80. The number of nitrogens with zero attached hydrogens (tertiary/aromatic N) is 1. The molecule has 2 saturated heterocycles. The summed E-state index contributed by atoms with van der Waals surface area (Å²) in [6.45, 7) is 9.02. The molecule has 0 unspecified atom stereocenters. The van der Waals surface area contributed by atoms with Gasteiger partial charge in [-0.15, -0.1) is 0 Å². The highest BCUT2D eigenvalue weighted by atomic mass is 16.5. The summed E-state index contributed by atoms with van der Waals surface area (Å²) in [5, 5.41) is 2.99. The highest BCUT2D eigenvalue weighted by Gasteiger charge is 2.35. The van der Waals surface area contributed by atoms with Crippen LogP contribution in [-0.4, -0.2) is 56.0 Å². The van der Waals surface area contributed by atoms with Crippen LogP contribution in [0.5, 0.6) is 0 Å². The number of amides is 2. The predicted molar refractivity (Wildman–Crippen MR) is 77.8 cm³/mol. The Morgan fingerprint density at radius 3 is 3.00 bits per heavy atom. The Morgan fingerprint density at radius 1 is 1.50 bits per heavy atom. The van der Waals surface area contributed by atoms with E-state index in [1.807, 2.05) is 4.90 Å². The summed E-state index contributed by atoms with van der Waals surface area (Å²) in [4.78, 5) is 14.0. The molecule has 1 N–H and O–H groups in total. The van der Waals surface area contributed by atoms with Crippen molar-refractivity contribution in [2.24, 2.45) is 5.92 Å². The molecule has 0 aromatic heterocycles. The molecule has 0 bridgehead atoms. The molecule has 2 aliphatic heterocycles. The minimum Gasteiger partial charge on any atom is -0.381 e. The maximum Gasteiger partial charge on any atom is 0.317 e. The molecule has 0 aromatic carbocycles. The molecule has 0 saturated carbocycles. The maximum atomic E-state index is 12.1. The molecule has 2 aliphatic rings. The van der Waals surface area contributed by atoms with Crippen molar-refractivity contribution in [1.82, 2.24) is 10.2 Å². The van der Waals surface area contributed by atoms with Gasteiger partial charge in [-0.1, -0.05) is 0 Å². The molecule has 1 atom stereocenters. The van der Waals surface area contributed by atoms with Crippen LogP contribution in [0.2, 0.25) is 0 Å². The van der Waals surface area contributed by atoms with Crippen LogP contribution in [0.3, 0.4) is 0 Å². The van der Waals surface area contributed by atoms with E-state index < -0.39 is 0 Å². The van der Waals surface area contributed by atoms with Crippen molar-refractivity contribution in [2.45, 2.75) is 45.1 Å². The van der Waals surface area contributed by atoms with Crippen LogP contribution in [0.15, 0.2) is 0 Å². The van der Waals surface area contributed by atoms with Crippen LogP contribution >= 0.6 is 0 Å². The topological polar surface area (TPSA) is 50.8 Å². The number of nitrogens with one attached hydrogen (secondary N) is 1. The lowest BCUT2D eigenvalue weighted by Crippen LogP contribution is -2.48. The van der Waals surface area contributed by atoms with Gasteiger partial charge in [-0.3, -0.25) is 0 Å². The van der Waals surface area contributed by atoms with Crippen LogP contribution < -0.4 is 5.32 Å². The summed E-state index contributed by atoms with van der Waals surface area (Å²) in [6.07, 6.45) is 4.17. The van der Waals surface area contributed by atoms with Gasteiger partial charge in [0.1, 0.15) is 0 Å². The average molecular weight is 284 g/mol. The van der Waals surface area contributed by atoms with E-state index in [4.69, 9.17) is 9.47 Å². The first kappa shape index (κ1) is 15.6. The van der Waals surface area contributed by atoms with Crippen molar-refractivity contribution in [2.75, 3.05) is 39.5 Å². The molecule has 0 radical (unpaired) electrons. The second-order valence-electron chi connectivity index (χ2n) is 6.46. The molecule has 2 rings (SSSR count). The Bertz CT molecular complexity index is 314. The predicted octanol–water partition coefficient (Wildman–Crippen LogP) is 2.01. The van der Waals surface area contributed by atoms with Crippen LogP contribution in [0.4, 0.5) is 4.79 Å². The fraction of sp³-hybridized carbons (Fsp3) is 0.933. The lowest BCUT2D eigenvalue weighted by atomic mass is 10.0. The van der Waals surface area contributed by atoms with E-state index in [-0.39, 0.29) is 11.6 Å².